The monoisotopic (exact) mass is 258 g/mol. The van der Waals surface area contributed by atoms with Gasteiger partial charge >= 0.3 is 0 Å². The molecule has 0 spiro atoms. The van der Waals surface area contributed by atoms with E-state index in [0.29, 0.717) is 0 Å². The highest BCUT2D eigenvalue weighted by Crippen LogP contribution is 2.31. The van der Waals surface area contributed by atoms with Crippen LogP contribution in [0.1, 0.15) is 42.9 Å². The molecule has 0 aliphatic heterocycles. The number of ketones is 1. The second kappa shape index (κ2) is 4.69. The fourth-order valence-corrected chi connectivity index (χ4v) is 2.72. The number of Topliss-reactive ketones (excluding diaryl/α,β-unsaturated/α-hetero) is 1. The van der Waals surface area contributed by atoms with Gasteiger partial charge in [0.25, 0.3) is 0 Å². The fourth-order valence-electron chi connectivity index (χ4n) is 1.82. The van der Waals surface area contributed by atoms with Crippen LogP contribution in [0.2, 0.25) is 0 Å². The lowest BCUT2D eigenvalue weighted by Crippen LogP contribution is -2.10. The van der Waals surface area contributed by atoms with Gasteiger partial charge in [-0.15, -0.1) is 11.3 Å². The smallest absolute Gasteiger partial charge is 0.169 e. The number of rotatable bonds is 2. The average Bonchev–Trinajstić information content (AvgIpc) is 2.77. The standard InChI is InChI=1S/C16H18OS/c1-11(17)14-8-9-15(18-14)12-6-5-7-13(10-12)16(2,3)4/h5-10H,1-4H3. The quantitative estimate of drug-likeness (QED) is 0.699. The van der Waals surface area contributed by atoms with Gasteiger partial charge in [0.05, 0.1) is 4.88 Å². The van der Waals surface area contributed by atoms with E-state index >= 15 is 0 Å². The molecule has 18 heavy (non-hydrogen) atoms. The number of benzene rings is 1. The molecule has 1 nitrogen and oxygen atoms in total. The Hall–Kier alpha value is -1.41. The Morgan fingerprint density at radius 3 is 2.39 bits per heavy atom. The van der Waals surface area contributed by atoms with E-state index in [1.54, 1.807) is 18.3 Å². The Labute approximate surface area is 112 Å². The van der Waals surface area contributed by atoms with Gasteiger partial charge in [-0.1, -0.05) is 39.0 Å². The number of thiophene rings is 1. The molecule has 2 aromatic rings. The van der Waals surface area contributed by atoms with Gasteiger partial charge in [-0.05, 0) is 41.7 Å². The second-order valence-corrected chi connectivity index (χ2v) is 6.63. The van der Waals surface area contributed by atoms with Crippen LogP contribution in [0.25, 0.3) is 10.4 Å². The summed E-state index contributed by atoms with van der Waals surface area (Å²) in [6.45, 7) is 8.24. The molecule has 0 unspecified atom stereocenters. The largest absolute Gasteiger partial charge is 0.294 e. The lowest BCUT2D eigenvalue weighted by Gasteiger charge is -2.19. The molecular weight excluding hydrogens is 240 g/mol. The van der Waals surface area contributed by atoms with E-state index in [2.05, 4.69) is 45.0 Å². The highest BCUT2D eigenvalue weighted by Gasteiger charge is 2.14. The Morgan fingerprint density at radius 2 is 1.83 bits per heavy atom. The van der Waals surface area contributed by atoms with Crippen molar-refractivity contribution in [2.75, 3.05) is 0 Å². The van der Waals surface area contributed by atoms with Crippen molar-refractivity contribution < 1.29 is 4.79 Å². The third-order valence-electron chi connectivity index (χ3n) is 2.97. The molecule has 2 heteroatoms. The summed E-state index contributed by atoms with van der Waals surface area (Å²) >= 11 is 1.56. The Bertz CT molecular complexity index is 573. The first-order valence-corrected chi connectivity index (χ1v) is 6.91. The van der Waals surface area contributed by atoms with Gasteiger partial charge in [-0.2, -0.15) is 0 Å². The van der Waals surface area contributed by atoms with Gasteiger partial charge in [0.2, 0.25) is 0 Å². The van der Waals surface area contributed by atoms with Crippen LogP contribution in [0.4, 0.5) is 0 Å². The summed E-state index contributed by atoms with van der Waals surface area (Å²) in [5.41, 5.74) is 2.66. The Kier molecular flexibility index (Phi) is 3.40. The molecule has 0 saturated carbocycles. The van der Waals surface area contributed by atoms with Gasteiger partial charge in [-0.25, -0.2) is 0 Å². The second-order valence-electron chi connectivity index (χ2n) is 5.55. The topological polar surface area (TPSA) is 17.1 Å². The summed E-state index contributed by atoms with van der Waals surface area (Å²) in [4.78, 5) is 13.3. The summed E-state index contributed by atoms with van der Waals surface area (Å²) < 4.78 is 0. The van der Waals surface area contributed by atoms with Gasteiger partial charge in [0, 0.05) is 4.88 Å². The van der Waals surface area contributed by atoms with Crippen LogP contribution in [0.3, 0.4) is 0 Å². The molecule has 0 atom stereocenters. The highest BCUT2D eigenvalue weighted by molar-refractivity contribution is 7.17. The SMILES string of the molecule is CC(=O)c1ccc(-c2cccc(C(C)(C)C)c2)s1. The molecule has 0 bridgehead atoms. The number of hydrogen-bond acceptors (Lipinski definition) is 2. The molecule has 0 N–H and O–H groups in total. The zero-order chi connectivity index (χ0) is 13.3. The lowest BCUT2D eigenvalue weighted by atomic mass is 9.86. The van der Waals surface area contributed by atoms with Crippen LogP contribution in [0.5, 0.6) is 0 Å². The average molecular weight is 258 g/mol. The van der Waals surface area contributed by atoms with Crippen molar-refractivity contribution in [2.24, 2.45) is 0 Å². The molecule has 0 aliphatic rings. The van der Waals surface area contributed by atoms with Crippen LogP contribution >= 0.6 is 11.3 Å². The minimum absolute atomic E-state index is 0.137. The maximum Gasteiger partial charge on any atom is 0.169 e. The maximum atomic E-state index is 11.3. The van der Waals surface area contributed by atoms with Crippen molar-refractivity contribution in [1.82, 2.24) is 0 Å². The molecular formula is C16H18OS. The molecule has 1 heterocycles. The van der Waals surface area contributed by atoms with Crippen LogP contribution in [0.15, 0.2) is 36.4 Å². The maximum absolute atomic E-state index is 11.3. The van der Waals surface area contributed by atoms with E-state index in [1.807, 2.05) is 12.1 Å². The van der Waals surface area contributed by atoms with E-state index in [1.165, 1.54) is 11.1 Å². The van der Waals surface area contributed by atoms with Crippen molar-refractivity contribution in [1.29, 1.82) is 0 Å². The van der Waals surface area contributed by atoms with Crippen LogP contribution in [0, 0.1) is 0 Å². The van der Waals surface area contributed by atoms with E-state index in [0.717, 1.165) is 9.75 Å². The summed E-state index contributed by atoms with van der Waals surface area (Å²) in [5.74, 6) is 0.137. The van der Waals surface area contributed by atoms with E-state index in [-0.39, 0.29) is 11.2 Å². The predicted molar refractivity (Wildman–Crippen MR) is 78.5 cm³/mol. The number of carbonyl (C=O) groups is 1. The van der Waals surface area contributed by atoms with Crippen LogP contribution < -0.4 is 0 Å². The lowest BCUT2D eigenvalue weighted by molar-refractivity contribution is 0.102. The Balaban J connectivity index is 2.41. The number of hydrogen-bond donors (Lipinski definition) is 0. The van der Waals surface area contributed by atoms with Crippen molar-refractivity contribution >= 4 is 17.1 Å². The summed E-state index contributed by atoms with van der Waals surface area (Å²) in [6, 6.07) is 12.5. The Morgan fingerprint density at radius 1 is 1.11 bits per heavy atom. The zero-order valence-corrected chi connectivity index (χ0v) is 12.1. The van der Waals surface area contributed by atoms with Gasteiger partial charge in [-0.3, -0.25) is 4.79 Å². The molecule has 1 aromatic carbocycles. The molecule has 1 aromatic heterocycles. The van der Waals surface area contributed by atoms with Gasteiger partial charge < -0.3 is 0 Å². The van der Waals surface area contributed by atoms with Gasteiger partial charge in [0.15, 0.2) is 5.78 Å². The first kappa shape index (κ1) is 13.0. The molecule has 2 rings (SSSR count). The molecule has 0 amide bonds. The molecule has 0 aliphatic carbocycles. The van der Waals surface area contributed by atoms with E-state index in [9.17, 15) is 4.79 Å². The first-order valence-electron chi connectivity index (χ1n) is 6.09. The summed E-state index contributed by atoms with van der Waals surface area (Å²) in [7, 11) is 0. The predicted octanol–water partition coefficient (Wildman–Crippen LogP) is 4.92. The molecule has 0 radical (unpaired) electrons. The van der Waals surface area contributed by atoms with E-state index in [4.69, 9.17) is 0 Å². The normalized spacial score (nSPS) is 11.6. The number of carbonyl (C=O) groups excluding carboxylic acids is 1. The minimum atomic E-state index is 0.137. The van der Waals surface area contributed by atoms with Crippen LogP contribution in [-0.2, 0) is 5.41 Å². The first-order chi connectivity index (χ1) is 8.38. The van der Waals surface area contributed by atoms with Crippen molar-refractivity contribution in [3.8, 4) is 10.4 Å². The third kappa shape index (κ3) is 2.70. The molecule has 94 valence electrons. The van der Waals surface area contributed by atoms with E-state index < -0.39 is 0 Å². The molecule has 0 saturated heterocycles. The van der Waals surface area contributed by atoms with Crippen molar-refractivity contribution in [3.63, 3.8) is 0 Å². The third-order valence-corrected chi connectivity index (χ3v) is 4.20. The fraction of sp³-hybridized carbons (Fsp3) is 0.312. The molecule has 0 fully saturated rings. The minimum Gasteiger partial charge on any atom is -0.294 e. The summed E-state index contributed by atoms with van der Waals surface area (Å²) in [5, 5.41) is 0. The van der Waals surface area contributed by atoms with Crippen molar-refractivity contribution in [3.05, 3.63) is 46.8 Å². The summed E-state index contributed by atoms with van der Waals surface area (Å²) in [6.07, 6.45) is 0. The van der Waals surface area contributed by atoms with Gasteiger partial charge in [0.1, 0.15) is 0 Å². The van der Waals surface area contributed by atoms with Crippen LogP contribution in [-0.4, -0.2) is 5.78 Å². The van der Waals surface area contributed by atoms with Crippen molar-refractivity contribution in [2.45, 2.75) is 33.1 Å². The highest BCUT2D eigenvalue weighted by atomic mass is 32.1. The zero-order valence-electron chi connectivity index (χ0n) is 11.3.